The lowest BCUT2D eigenvalue weighted by Crippen LogP contribution is -2.52. The quantitative estimate of drug-likeness (QED) is 0.337. The molecule has 4 aromatic rings. The van der Waals surface area contributed by atoms with E-state index in [2.05, 4.69) is 10.3 Å². The number of rotatable bonds is 5. The number of aliphatic imine (C=N–C) groups is 1. The fraction of sp³-hybridized carbons (Fsp3) is 0.200. The Morgan fingerprint density at radius 2 is 1.82 bits per heavy atom. The number of benzene rings is 3. The Morgan fingerprint density at radius 1 is 1.05 bits per heavy atom. The molecular weight excluding hydrogens is 515 g/mol. The van der Waals surface area contributed by atoms with Gasteiger partial charge in [0.25, 0.3) is 5.91 Å². The molecular formula is C30H28ClFN6O. The first-order valence-corrected chi connectivity index (χ1v) is 12.7. The van der Waals surface area contributed by atoms with Crippen molar-refractivity contribution in [3.05, 3.63) is 106 Å². The molecule has 3 heterocycles. The van der Waals surface area contributed by atoms with Crippen LogP contribution in [0.3, 0.4) is 0 Å². The molecule has 6 rings (SSSR count). The van der Waals surface area contributed by atoms with E-state index in [1.54, 1.807) is 53.6 Å². The summed E-state index contributed by atoms with van der Waals surface area (Å²) in [6.45, 7) is 2.30. The zero-order chi connectivity index (χ0) is 26.2. The number of nitrogens with one attached hydrogen (secondary N) is 1. The average molecular weight is 543 g/mol. The fourth-order valence-electron chi connectivity index (χ4n) is 4.76. The Labute approximate surface area is 231 Å². The van der Waals surface area contributed by atoms with E-state index >= 15 is 0 Å². The Hall–Kier alpha value is -4.14. The van der Waals surface area contributed by atoms with Gasteiger partial charge >= 0.3 is 0 Å². The molecule has 2 aliphatic heterocycles. The highest BCUT2D eigenvalue weighted by molar-refractivity contribution is 6.31. The van der Waals surface area contributed by atoms with Crippen LogP contribution in [0.1, 0.15) is 34.5 Å². The Balaban J connectivity index is 0.00000308. The van der Waals surface area contributed by atoms with Crippen molar-refractivity contribution in [2.24, 2.45) is 16.6 Å². The number of carbonyl (C=O) groups excluding carboxylic acids is 1. The van der Waals surface area contributed by atoms with E-state index in [0.717, 1.165) is 16.8 Å². The van der Waals surface area contributed by atoms with Gasteiger partial charge in [0, 0.05) is 63.7 Å². The van der Waals surface area contributed by atoms with E-state index < -0.39 is 0 Å². The van der Waals surface area contributed by atoms with Crippen LogP contribution in [0.5, 0.6) is 0 Å². The number of aromatic nitrogens is 2. The number of hydrogen-bond acceptors (Lipinski definition) is 6. The summed E-state index contributed by atoms with van der Waals surface area (Å²) in [5.41, 5.74) is 11.0. The molecule has 9 heteroatoms. The summed E-state index contributed by atoms with van der Waals surface area (Å²) < 4.78 is 14.7. The molecule has 0 saturated carbocycles. The largest absolute Gasteiger partial charge is 0.338 e. The van der Waals surface area contributed by atoms with Gasteiger partial charge in [0.15, 0.2) is 0 Å². The van der Waals surface area contributed by atoms with Crippen LogP contribution in [-0.2, 0) is 6.54 Å². The number of hydrogen-bond donors (Lipinski definition) is 2. The zero-order valence-corrected chi connectivity index (χ0v) is 21.1. The van der Waals surface area contributed by atoms with Gasteiger partial charge in [-0.05, 0) is 55.1 Å². The van der Waals surface area contributed by atoms with Crippen LogP contribution in [0.25, 0.3) is 11.3 Å². The van der Waals surface area contributed by atoms with Crippen molar-refractivity contribution in [1.29, 1.82) is 0 Å². The summed E-state index contributed by atoms with van der Waals surface area (Å²) in [5.74, 6) is 0.432. The van der Waals surface area contributed by atoms with Crippen LogP contribution in [-0.4, -0.2) is 46.1 Å². The third kappa shape index (κ3) is 5.13. The summed E-state index contributed by atoms with van der Waals surface area (Å²) in [5, 5.41) is 3.74. The van der Waals surface area contributed by atoms with Crippen molar-refractivity contribution in [2.45, 2.75) is 14.0 Å². The number of amides is 1. The number of nitrogens with zero attached hydrogens (tertiary/aromatic N) is 4. The van der Waals surface area contributed by atoms with Crippen LogP contribution >= 0.6 is 11.6 Å². The lowest BCUT2D eigenvalue weighted by Gasteiger charge is -2.38. The molecule has 0 spiro atoms. The minimum atomic E-state index is -0.355. The van der Waals surface area contributed by atoms with Crippen molar-refractivity contribution < 1.29 is 9.18 Å². The van der Waals surface area contributed by atoms with Gasteiger partial charge in [-0.2, -0.15) is 0 Å². The van der Waals surface area contributed by atoms with Gasteiger partial charge < -0.3 is 16.0 Å². The fourth-order valence-corrected chi connectivity index (χ4v) is 4.93. The maximum absolute atomic E-state index is 14.7. The first-order chi connectivity index (χ1) is 18.5. The topological polar surface area (TPSA) is 96.5 Å². The second-order valence-electron chi connectivity index (χ2n) is 9.42. The molecule has 3 N–H and O–H groups in total. The molecule has 1 saturated heterocycles. The standard InChI is InChI=1S/C29H24ClFN6O.CH4/c30-20-7-10-22-24(11-20)27(23-3-1-2-4-25(23)31)33-13-19-14-34-29(36-26(19)22)35-21-8-5-18(6-9-21)28(38)37-15-17(12-32)16-37;/h1-11,14,17H,12-13,15-16,32H2,(H,34,35,36);1H4. The third-order valence-electron chi connectivity index (χ3n) is 6.86. The maximum Gasteiger partial charge on any atom is 0.253 e. The van der Waals surface area contributed by atoms with Crippen molar-refractivity contribution in [1.82, 2.24) is 14.9 Å². The molecule has 1 amide bonds. The number of likely N-dealkylation sites (tertiary alicyclic amines) is 1. The molecule has 3 aromatic carbocycles. The highest BCUT2D eigenvalue weighted by atomic mass is 35.5. The van der Waals surface area contributed by atoms with Crippen molar-refractivity contribution in [2.75, 3.05) is 25.0 Å². The van der Waals surface area contributed by atoms with Crippen LogP contribution in [0, 0.1) is 11.7 Å². The lowest BCUT2D eigenvalue weighted by molar-refractivity contribution is 0.0515. The molecule has 0 bridgehead atoms. The minimum Gasteiger partial charge on any atom is -0.338 e. The molecule has 39 heavy (non-hydrogen) atoms. The van der Waals surface area contributed by atoms with Gasteiger partial charge in [0.05, 0.1) is 18.0 Å². The molecule has 0 aliphatic carbocycles. The third-order valence-corrected chi connectivity index (χ3v) is 7.09. The van der Waals surface area contributed by atoms with Gasteiger partial charge in [0.2, 0.25) is 5.95 Å². The van der Waals surface area contributed by atoms with E-state index in [9.17, 15) is 9.18 Å². The highest BCUT2D eigenvalue weighted by Crippen LogP contribution is 2.34. The normalized spacial score (nSPS) is 14.2. The van der Waals surface area contributed by atoms with Gasteiger partial charge in [-0.15, -0.1) is 0 Å². The summed E-state index contributed by atoms with van der Waals surface area (Å²) in [6, 6.07) is 19.2. The summed E-state index contributed by atoms with van der Waals surface area (Å²) in [6.07, 6.45) is 1.73. The Bertz CT molecular complexity index is 1570. The molecule has 198 valence electrons. The van der Waals surface area contributed by atoms with Gasteiger partial charge in [-0.1, -0.05) is 37.2 Å². The molecule has 1 fully saturated rings. The predicted molar refractivity (Wildman–Crippen MR) is 153 cm³/mol. The van der Waals surface area contributed by atoms with E-state index in [1.807, 2.05) is 18.2 Å². The number of halogens is 2. The number of carbonyl (C=O) groups is 1. The molecule has 0 atom stereocenters. The molecule has 7 nitrogen and oxygen atoms in total. The van der Waals surface area contributed by atoms with Gasteiger partial charge in [0.1, 0.15) is 5.82 Å². The van der Waals surface area contributed by atoms with Crippen LogP contribution in [0.4, 0.5) is 16.0 Å². The molecule has 0 radical (unpaired) electrons. The van der Waals surface area contributed by atoms with Gasteiger partial charge in [-0.3, -0.25) is 9.79 Å². The van der Waals surface area contributed by atoms with Crippen molar-refractivity contribution in [3.8, 4) is 11.3 Å². The number of anilines is 2. The monoisotopic (exact) mass is 542 g/mol. The van der Waals surface area contributed by atoms with Crippen LogP contribution in [0.2, 0.25) is 5.02 Å². The lowest BCUT2D eigenvalue weighted by atomic mass is 9.95. The van der Waals surface area contributed by atoms with Crippen molar-refractivity contribution >= 4 is 34.9 Å². The Morgan fingerprint density at radius 3 is 2.56 bits per heavy atom. The zero-order valence-electron chi connectivity index (χ0n) is 20.4. The molecule has 0 unspecified atom stereocenters. The minimum absolute atomic E-state index is 0. The summed E-state index contributed by atoms with van der Waals surface area (Å²) >= 11 is 6.34. The highest BCUT2D eigenvalue weighted by Gasteiger charge is 2.30. The van der Waals surface area contributed by atoms with E-state index in [1.165, 1.54) is 6.07 Å². The molecule has 1 aromatic heterocycles. The first kappa shape index (κ1) is 26.5. The van der Waals surface area contributed by atoms with Crippen LogP contribution < -0.4 is 11.1 Å². The van der Waals surface area contributed by atoms with Gasteiger partial charge in [-0.25, -0.2) is 14.4 Å². The average Bonchev–Trinajstić information content (AvgIpc) is 3.05. The second-order valence-corrected chi connectivity index (χ2v) is 9.85. The maximum atomic E-state index is 14.7. The smallest absolute Gasteiger partial charge is 0.253 e. The van der Waals surface area contributed by atoms with E-state index in [4.69, 9.17) is 27.3 Å². The Kier molecular flexibility index (Phi) is 7.41. The second kappa shape index (κ2) is 10.9. The van der Waals surface area contributed by atoms with E-state index in [0.29, 0.717) is 71.2 Å². The summed E-state index contributed by atoms with van der Waals surface area (Å²) in [4.78, 5) is 28.4. The first-order valence-electron chi connectivity index (χ1n) is 12.3. The van der Waals surface area contributed by atoms with Crippen molar-refractivity contribution in [3.63, 3.8) is 0 Å². The van der Waals surface area contributed by atoms with Crippen LogP contribution in [0.15, 0.2) is 77.9 Å². The molecule has 2 aliphatic rings. The number of nitrogens with two attached hydrogens (primary N) is 1. The summed E-state index contributed by atoms with van der Waals surface area (Å²) in [7, 11) is 0. The SMILES string of the molecule is C.NCC1CN(C(=O)c2ccc(Nc3ncc4c(n3)-c3ccc(Cl)cc3C(c3ccccc3F)=NC4)cc2)C1. The number of fused-ring (bicyclic) bond motifs is 3. The predicted octanol–water partition coefficient (Wildman–Crippen LogP) is 5.70. The van der Waals surface area contributed by atoms with E-state index in [-0.39, 0.29) is 19.2 Å².